The molecule has 0 N–H and O–H groups in total. The van der Waals surface area contributed by atoms with Crippen LogP contribution in [0.4, 0.5) is 0 Å². The summed E-state index contributed by atoms with van der Waals surface area (Å²) < 4.78 is 0. The van der Waals surface area contributed by atoms with Gasteiger partial charge in [-0.3, -0.25) is 9.79 Å². The topological polar surface area (TPSA) is 38.8 Å². The molecule has 1 rings (SSSR count). The molecule has 0 spiro atoms. The summed E-state index contributed by atoms with van der Waals surface area (Å²) in [5, 5.41) is 0. The molecule has 0 aliphatic rings. The first kappa shape index (κ1) is 15.7. The lowest BCUT2D eigenvalue weighted by molar-refractivity contribution is -0.324. The first-order chi connectivity index (χ1) is 9.21. The average molecular weight is 265 g/mol. The maximum absolute atomic E-state index is 11.7. The maximum Gasteiger partial charge on any atom is 0.346 e. The van der Waals surface area contributed by atoms with Crippen molar-refractivity contribution in [2.45, 2.75) is 39.8 Å². The molecule has 1 atom stereocenters. The van der Waals surface area contributed by atoms with E-state index in [-0.39, 0.29) is 18.6 Å². The normalized spacial score (nSPS) is 12.4. The van der Waals surface area contributed by atoms with E-state index in [0.717, 1.165) is 25.1 Å². The van der Waals surface area contributed by atoms with Crippen LogP contribution in [0.15, 0.2) is 30.3 Å². The van der Waals surface area contributed by atoms with Gasteiger partial charge in [-0.25, -0.2) is 4.79 Å². The number of nitrogens with zero attached hydrogens (tertiary/aromatic N) is 1. The van der Waals surface area contributed by atoms with Crippen LogP contribution < -0.4 is 0 Å². The van der Waals surface area contributed by atoms with E-state index in [1.165, 1.54) is 0 Å². The zero-order valence-corrected chi connectivity index (χ0v) is 12.0. The van der Waals surface area contributed by atoms with Crippen molar-refractivity contribution in [1.82, 2.24) is 4.90 Å². The monoisotopic (exact) mass is 265 g/mol. The molecule has 0 fully saturated rings. The first-order valence-corrected chi connectivity index (χ1v) is 6.85. The number of carbonyl (C=O) groups excluding carboxylic acids is 1. The van der Waals surface area contributed by atoms with Gasteiger partial charge in [0.25, 0.3) is 0 Å². The van der Waals surface area contributed by atoms with E-state index in [4.69, 9.17) is 9.78 Å². The fourth-order valence-corrected chi connectivity index (χ4v) is 1.92. The van der Waals surface area contributed by atoms with Crippen LogP contribution in [0, 0.1) is 0 Å². The molecule has 1 unspecified atom stereocenters. The Kier molecular flexibility index (Phi) is 7.15. The first-order valence-electron chi connectivity index (χ1n) is 6.85. The summed E-state index contributed by atoms with van der Waals surface area (Å²) in [7, 11) is 0. The predicted octanol–water partition coefficient (Wildman–Crippen LogP) is 2.78. The smallest absolute Gasteiger partial charge is 0.296 e. The molecule has 4 heteroatoms. The van der Waals surface area contributed by atoms with Crippen molar-refractivity contribution in [2.24, 2.45) is 0 Å². The van der Waals surface area contributed by atoms with E-state index in [0.29, 0.717) is 0 Å². The van der Waals surface area contributed by atoms with Gasteiger partial charge in [0.15, 0.2) is 6.23 Å². The van der Waals surface area contributed by atoms with Gasteiger partial charge in [-0.1, -0.05) is 51.1 Å². The molecule has 19 heavy (non-hydrogen) atoms. The standard InChI is InChI=1S/C15H23NO3/c1-4-14(16(5-2)6-3)18-19-15(17)12-13-10-8-7-9-11-13/h7-11,14H,4-6,12H2,1-3H3. The third-order valence-corrected chi connectivity index (χ3v) is 3.01. The molecule has 1 aromatic carbocycles. The van der Waals surface area contributed by atoms with Crippen LogP contribution >= 0.6 is 0 Å². The molecule has 4 nitrogen and oxygen atoms in total. The molecule has 0 radical (unpaired) electrons. The highest BCUT2D eigenvalue weighted by Crippen LogP contribution is 2.07. The Bertz CT molecular complexity index is 363. The van der Waals surface area contributed by atoms with Gasteiger partial charge in [-0.15, -0.1) is 0 Å². The summed E-state index contributed by atoms with van der Waals surface area (Å²) in [6.45, 7) is 7.85. The molecule has 1 aromatic rings. The fourth-order valence-electron chi connectivity index (χ4n) is 1.92. The van der Waals surface area contributed by atoms with E-state index in [1.807, 2.05) is 37.3 Å². The highest BCUT2D eigenvalue weighted by atomic mass is 17.2. The average Bonchev–Trinajstić information content (AvgIpc) is 2.44. The Balaban J connectivity index is 2.40. The third kappa shape index (κ3) is 5.41. The Labute approximate surface area is 115 Å². The zero-order valence-electron chi connectivity index (χ0n) is 12.0. The van der Waals surface area contributed by atoms with Crippen LogP contribution in [-0.2, 0) is 21.0 Å². The fraction of sp³-hybridized carbons (Fsp3) is 0.533. The number of hydrogen-bond donors (Lipinski definition) is 0. The molecule has 0 amide bonds. The second-order valence-corrected chi connectivity index (χ2v) is 4.30. The summed E-state index contributed by atoms with van der Waals surface area (Å²) in [6.07, 6.45) is 0.838. The lowest BCUT2D eigenvalue weighted by Gasteiger charge is -2.26. The minimum absolute atomic E-state index is 0.172. The number of carbonyl (C=O) groups is 1. The van der Waals surface area contributed by atoms with E-state index in [2.05, 4.69) is 18.7 Å². The van der Waals surface area contributed by atoms with Crippen LogP contribution in [0.2, 0.25) is 0 Å². The van der Waals surface area contributed by atoms with Crippen molar-refractivity contribution in [2.75, 3.05) is 13.1 Å². The summed E-state index contributed by atoms with van der Waals surface area (Å²) >= 11 is 0. The second kappa shape index (κ2) is 8.67. The number of hydrogen-bond acceptors (Lipinski definition) is 4. The summed E-state index contributed by atoms with van der Waals surface area (Å²) in [5.74, 6) is -0.364. The molecule has 0 heterocycles. The van der Waals surface area contributed by atoms with Crippen LogP contribution in [0.25, 0.3) is 0 Å². The molecule has 106 valence electrons. The zero-order chi connectivity index (χ0) is 14.1. The second-order valence-electron chi connectivity index (χ2n) is 4.30. The largest absolute Gasteiger partial charge is 0.346 e. The van der Waals surface area contributed by atoms with Crippen molar-refractivity contribution in [3.8, 4) is 0 Å². The maximum atomic E-state index is 11.7. The van der Waals surface area contributed by atoms with Crippen LogP contribution in [0.1, 0.15) is 32.8 Å². The SMILES string of the molecule is CCC(OOC(=O)Cc1ccccc1)N(CC)CC. The molecule has 0 bridgehead atoms. The van der Waals surface area contributed by atoms with Crippen molar-refractivity contribution in [3.05, 3.63) is 35.9 Å². The number of benzene rings is 1. The molecular weight excluding hydrogens is 242 g/mol. The van der Waals surface area contributed by atoms with E-state index in [9.17, 15) is 4.79 Å². The quantitative estimate of drug-likeness (QED) is 0.411. The molecule has 0 aliphatic carbocycles. The van der Waals surface area contributed by atoms with Crippen LogP contribution in [0.5, 0.6) is 0 Å². The van der Waals surface area contributed by atoms with Gasteiger partial charge in [-0.05, 0) is 25.1 Å². The van der Waals surface area contributed by atoms with E-state index < -0.39 is 0 Å². The van der Waals surface area contributed by atoms with Gasteiger partial charge >= 0.3 is 5.97 Å². The van der Waals surface area contributed by atoms with Gasteiger partial charge in [0, 0.05) is 0 Å². The Hall–Kier alpha value is -1.39. The van der Waals surface area contributed by atoms with Gasteiger partial charge in [0.2, 0.25) is 0 Å². The Morgan fingerprint density at radius 1 is 1.16 bits per heavy atom. The van der Waals surface area contributed by atoms with Gasteiger partial charge in [0.1, 0.15) is 0 Å². The Morgan fingerprint density at radius 2 is 1.79 bits per heavy atom. The third-order valence-electron chi connectivity index (χ3n) is 3.01. The highest BCUT2D eigenvalue weighted by Gasteiger charge is 2.17. The van der Waals surface area contributed by atoms with E-state index >= 15 is 0 Å². The summed E-state index contributed by atoms with van der Waals surface area (Å²) in [6, 6.07) is 9.49. The van der Waals surface area contributed by atoms with Gasteiger partial charge in [0.05, 0.1) is 6.42 Å². The molecule has 0 aromatic heterocycles. The molecule has 0 saturated carbocycles. The lowest BCUT2D eigenvalue weighted by atomic mass is 10.2. The number of rotatable bonds is 8. The lowest BCUT2D eigenvalue weighted by Crippen LogP contribution is -2.37. The van der Waals surface area contributed by atoms with Gasteiger partial charge < -0.3 is 0 Å². The summed E-state index contributed by atoms with van der Waals surface area (Å²) in [4.78, 5) is 23.9. The molecule has 0 saturated heterocycles. The van der Waals surface area contributed by atoms with Crippen LogP contribution in [0.3, 0.4) is 0 Å². The highest BCUT2D eigenvalue weighted by molar-refractivity contribution is 5.71. The van der Waals surface area contributed by atoms with E-state index in [1.54, 1.807) is 0 Å². The van der Waals surface area contributed by atoms with Crippen molar-refractivity contribution < 1.29 is 14.6 Å². The van der Waals surface area contributed by atoms with Crippen LogP contribution in [-0.4, -0.2) is 30.2 Å². The van der Waals surface area contributed by atoms with Crippen molar-refractivity contribution in [3.63, 3.8) is 0 Å². The van der Waals surface area contributed by atoms with Crippen molar-refractivity contribution >= 4 is 5.97 Å². The molecule has 0 aliphatic heterocycles. The minimum Gasteiger partial charge on any atom is -0.296 e. The predicted molar refractivity (Wildman–Crippen MR) is 74.3 cm³/mol. The summed E-state index contributed by atoms with van der Waals surface area (Å²) in [5.41, 5.74) is 0.923. The Morgan fingerprint density at radius 3 is 2.32 bits per heavy atom. The minimum atomic E-state index is -0.364. The molecular formula is C15H23NO3. The van der Waals surface area contributed by atoms with Gasteiger partial charge in [-0.2, -0.15) is 4.89 Å². The van der Waals surface area contributed by atoms with Crippen molar-refractivity contribution in [1.29, 1.82) is 0 Å².